The van der Waals surface area contributed by atoms with Crippen LogP contribution < -0.4 is 10.2 Å². The number of nitrogens with one attached hydrogen (secondary N) is 1. The van der Waals surface area contributed by atoms with E-state index in [1.165, 1.54) is 29.0 Å². The molecular formula is C23H19F3N6O2. The summed E-state index contributed by atoms with van der Waals surface area (Å²) in [7, 11) is 0. The Bertz CT molecular complexity index is 1330. The Balaban J connectivity index is 1.54. The predicted molar refractivity (Wildman–Crippen MR) is 119 cm³/mol. The lowest BCUT2D eigenvalue weighted by atomic mass is 10.0. The third-order valence-electron chi connectivity index (χ3n) is 5.44. The van der Waals surface area contributed by atoms with Crippen LogP contribution in [0.3, 0.4) is 0 Å². The number of alkyl halides is 3. The maximum absolute atomic E-state index is 14.0. The molecule has 0 bridgehead atoms. The standard InChI is InChI=1S/C23H19F3N6O2/c24-23(25,26)18-14-15(31-10-12-34-13-11-31)6-7-16(18)20-29-21-17(4-3-9-32(21)30-20)22(33)28-19-5-1-2-8-27-19/h1-9,14H,10-13H2,(H,27,28,33). The molecular weight excluding hydrogens is 449 g/mol. The molecule has 1 aromatic carbocycles. The molecule has 4 aromatic rings. The van der Waals surface area contributed by atoms with Crippen LogP contribution in [0.2, 0.25) is 0 Å². The van der Waals surface area contributed by atoms with Crippen LogP contribution in [0.1, 0.15) is 15.9 Å². The third-order valence-corrected chi connectivity index (χ3v) is 5.44. The van der Waals surface area contributed by atoms with Gasteiger partial charge in [0.05, 0.1) is 24.3 Å². The van der Waals surface area contributed by atoms with Crippen molar-refractivity contribution in [1.29, 1.82) is 0 Å². The van der Waals surface area contributed by atoms with Crippen LogP contribution in [0.5, 0.6) is 0 Å². The van der Waals surface area contributed by atoms with E-state index >= 15 is 0 Å². The first-order chi connectivity index (χ1) is 16.4. The van der Waals surface area contributed by atoms with Crippen LogP contribution >= 0.6 is 0 Å². The number of fused-ring (bicyclic) bond motifs is 1. The van der Waals surface area contributed by atoms with Gasteiger partial charge in [0.15, 0.2) is 11.5 Å². The van der Waals surface area contributed by atoms with Gasteiger partial charge in [0.25, 0.3) is 5.91 Å². The summed E-state index contributed by atoms with van der Waals surface area (Å²) in [5.41, 5.74) is -0.253. The van der Waals surface area contributed by atoms with E-state index in [4.69, 9.17) is 4.74 Å². The average molecular weight is 468 g/mol. The summed E-state index contributed by atoms with van der Waals surface area (Å²) in [4.78, 5) is 23.0. The minimum Gasteiger partial charge on any atom is -0.378 e. The molecule has 174 valence electrons. The number of amides is 1. The number of carbonyl (C=O) groups excluding carboxylic acids is 1. The molecule has 5 rings (SSSR count). The molecule has 1 saturated heterocycles. The van der Waals surface area contributed by atoms with Gasteiger partial charge in [-0.15, -0.1) is 5.10 Å². The van der Waals surface area contributed by atoms with Gasteiger partial charge < -0.3 is 15.0 Å². The second-order valence-electron chi connectivity index (χ2n) is 7.62. The number of carbonyl (C=O) groups is 1. The molecule has 1 amide bonds. The zero-order chi connectivity index (χ0) is 23.7. The largest absolute Gasteiger partial charge is 0.417 e. The van der Waals surface area contributed by atoms with E-state index in [0.717, 1.165) is 6.07 Å². The van der Waals surface area contributed by atoms with Crippen molar-refractivity contribution < 1.29 is 22.7 Å². The maximum Gasteiger partial charge on any atom is 0.417 e. The number of halogens is 3. The quantitative estimate of drug-likeness (QED) is 0.489. The SMILES string of the molecule is O=C(Nc1ccccn1)c1cccn2nc(-c3ccc(N4CCOCC4)cc3C(F)(F)F)nc12. The lowest BCUT2D eigenvalue weighted by Gasteiger charge is -2.29. The fraction of sp³-hybridized carbons (Fsp3) is 0.217. The summed E-state index contributed by atoms with van der Waals surface area (Å²) in [6.07, 6.45) is -1.56. The monoisotopic (exact) mass is 468 g/mol. The average Bonchev–Trinajstić information content (AvgIpc) is 3.28. The van der Waals surface area contributed by atoms with E-state index in [0.29, 0.717) is 37.8 Å². The Morgan fingerprint density at radius 1 is 1.06 bits per heavy atom. The topological polar surface area (TPSA) is 84.7 Å². The lowest BCUT2D eigenvalue weighted by molar-refractivity contribution is -0.137. The number of nitrogens with zero attached hydrogens (tertiary/aromatic N) is 5. The van der Waals surface area contributed by atoms with E-state index in [1.807, 2.05) is 4.90 Å². The molecule has 0 spiro atoms. The highest BCUT2D eigenvalue weighted by Gasteiger charge is 2.35. The number of aromatic nitrogens is 4. The first-order valence-electron chi connectivity index (χ1n) is 10.5. The summed E-state index contributed by atoms with van der Waals surface area (Å²) < 4.78 is 48.6. The van der Waals surface area contributed by atoms with Crippen LogP contribution in [-0.2, 0) is 10.9 Å². The summed E-state index contributed by atoms with van der Waals surface area (Å²) in [5.74, 6) is -0.284. The van der Waals surface area contributed by atoms with Crippen molar-refractivity contribution in [3.63, 3.8) is 0 Å². The van der Waals surface area contributed by atoms with Gasteiger partial charge in [-0.2, -0.15) is 13.2 Å². The fourth-order valence-corrected chi connectivity index (χ4v) is 3.80. The molecule has 3 aromatic heterocycles. The molecule has 1 fully saturated rings. The maximum atomic E-state index is 14.0. The number of morpholine rings is 1. The minimum absolute atomic E-state index is 0.126. The molecule has 4 heterocycles. The predicted octanol–water partition coefficient (Wildman–Crippen LogP) is 3.90. The molecule has 8 nitrogen and oxygen atoms in total. The van der Waals surface area contributed by atoms with Gasteiger partial charge >= 0.3 is 6.18 Å². The number of hydrogen-bond acceptors (Lipinski definition) is 6. The van der Waals surface area contributed by atoms with Gasteiger partial charge in [-0.3, -0.25) is 4.79 Å². The summed E-state index contributed by atoms with van der Waals surface area (Å²) in [5, 5.41) is 6.88. The van der Waals surface area contributed by atoms with E-state index in [1.54, 1.807) is 30.3 Å². The van der Waals surface area contributed by atoms with Crippen LogP contribution in [-0.4, -0.2) is 51.8 Å². The summed E-state index contributed by atoms with van der Waals surface area (Å²) >= 11 is 0. The number of hydrogen-bond donors (Lipinski definition) is 1. The lowest BCUT2D eigenvalue weighted by Crippen LogP contribution is -2.36. The molecule has 0 saturated carbocycles. The molecule has 1 aliphatic rings. The summed E-state index contributed by atoms with van der Waals surface area (Å²) in [6, 6.07) is 12.3. The highest BCUT2D eigenvalue weighted by Crippen LogP contribution is 2.38. The van der Waals surface area contributed by atoms with Gasteiger partial charge in [-0.1, -0.05) is 6.07 Å². The van der Waals surface area contributed by atoms with Crippen LogP contribution in [0.15, 0.2) is 60.9 Å². The first kappa shape index (κ1) is 21.8. The van der Waals surface area contributed by atoms with Gasteiger partial charge in [0.2, 0.25) is 0 Å². The van der Waals surface area contributed by atoms with Crippen molar-refractivity contribution >= 4 is 23.1 Å². The molecule has 0 atom stereocenters. The highest BCUT2D eigenvalue weighted by atomic mass is 19.4. The van der Waals surface area contributed by atoms with Gasteiger partial charge in [0, 0.05) is 36.7 Å². The number of anilines is 2. The highest BCUT2D eigenvalue weighted by molar-refractivity contribution is 6.07. The smallest absolute Gasteiger partial charge is 0.378 e. The molecule has 0 unspecified atom stereocenters. The van der Waals surface area contributed by atoms with Gasteiger partial charge in [-0.05, 0) is 42.5 Å². The van der Waals surface area contributed by atoms with Crippen molar-refractivity contribution in [3.05, 3.63) is 72.1 Å². The minimum atomic E-state index is -4.62. The Hall–Kier alpha value is -3.99. The van der Waals surface area contributed by atoms with Crippen LogP contribution in [0.4, 0.5) is 24.7 Å². The van der Waals surface area contributed by atoms with E-state index in [2.05, 4.69) is 20.4 Å². The Morgan fingerprint density at radius 3 is 2.62 bits per heavy atom. The third kappa shape index (κ3) is 4.29. The number of ether oxygens (including phenoxy) is 1. The molecule has 0 radical (unpaired) electrons. The fourth-order valence-electron chi connectivity index (χ4n) is 3.80. The number of rotatable bonds is 4. The number of pyridine rings is 2. The van der Waals surface area contributed by atoms with Crippen LogP contribution in [0.25, 0.3) is 17.0 Å². The normalized spacial score (nSPS) is 14.4. The number of benzene rings is 1. The Labute approximate surface area is 192 Å². The molecule has 34 heavy (non-hydrogen) atoms. The molecule has 0 aliphatic carbocycles. The Morgan fingerprint density at radius 2 is 1.88 bits per heavy atom. The second-order valence-corrected chi connectivity index (χ2v) is 7.62. The van der Waals surface area contributed by atoms with Crippen molar-refractivity contribution in [1.82, 2.24) is 19.6 Å². The second kappa shape index (κ2) is 8.75. The van der Waals surface area contributed by atoms with Gasteiger partial charge in [0.1, 0.15) is 5.82 Å². The van der Waals surface area contributed by atoms with Crippen molar-refractivity contribution in [3.8, 4) is 11.4 Å². The summed E-state index contributed by atoms with van der Waals surface area (Å²) in [6.45, 7) is 1.94. The Kier molecular flexibility index (Phi) is 5.62. The van der Waals surface area contributed by atoms with Crippen molar-refractivity contribution in [2.24, 2.45) is 0 Å². The van der Waals surface area contributed by atoms with E-state index < -0.39 is 17.6 Å². The van der Waals surface area contributed by atoms with Gasteiger partial charge in [-0.25, -0.2) is 14.5 Å². The molecule has 1 N–H and O–H groups in total. The first-order valence-corrected chi connectivity index (χ1v) is 10.5. The zero-order valence-electron chi connectivity index (χ0n) is 17.8. The van der Waals surface area contributed by atoms with E-state index in [9.17, 15) is 18.0 Å². The zero-order valence-corrected chi connectivity index (χ0v) is 17.8. The van der Waals surface area contributed by atoms with Crippen molar-refractivity contribution in [2.45, 2.75) is 6.18 Å². The van der Waals surface area contributed by atoms with E-state index in [-0.39, 0.29) is 22.6 Å². The van der Waals surface area contributed by atoms with Crippen molar-refractivity contribution in [2.75, 3.05) is 36.5 Å². The van der Waals surface area contributed by atoms with Crippen LogP contribution in [0, 0.1) is 0 Å². The molecule has 11 heteroatoms. The molecule has 1 aliphatic heterocycles.